The minimum atomic E-state index is -3.54. The predicted octanol–water partition coefficient (Wildman–Crippen LogP) is 0.786. The van der Waals surface area contributed by atoms with Crippen LogP contribution in [0.25, 0.3) is 0 Å². The van der Waals surface area contributed by atoms with Gasteiger partial charge in [0.1, 0.15) is 0 Å². The van der Waals surface area contributed by atoms with E-state index in [-0.39, 0.29) is 23.4 Å². The molecule has 1 saturated heterocycles. The van der Waals surface area contributed by atoms with Crippen LogP contribution in [0.1, 0.15) is 31.4 Å². The second-order valence-electron chi connectivity index (χ2n) is 7.06. The molecule has 0 aliphatic carbocycles. The summed E-state index contributed by atoms with van der Waals surface area (Å²) in [5.41, 5.74) is 0.782. The van der Waals surface area contributed by atoms with Crippen molar-refractivity contribution in [3.05, 3.63) is 29.8 Å². The number of piperidine rings is 1. The highest BCUT2D eigenvalue weighted by Gasteiger charge is 2.33. The minimum Gasteiger partial charge on any atom is -0.349 e. The van der Waals surface area contributed by atoms with Crippen LogP contribution in [0.5, 0.6) is 0 Å². The molecule has 0 bridgehead atoms. The van der Waals surface area contributed by atoms with Crippen molar-refractivity contribution in [2.75, 3.05) is 33.4 Å². The molecule has 1 aromatic carbocycles. The molecule has 0 radical (unpaired) electrons. The highest BCUT2D eigenvalue weighted by Crippen LogP contribution is 2.22. The minimum absolute atomic E-state index is 0.159. The largest absolute Gasteiger partial charge is 0.349 e. The molecule has 0 saturated carbocycles. The first-order valence-electron chi connectivity index (χ1n) is 8.71. The van der Waals surface area contributed by atoms with Gasteiger partial charge in [0, 0.05) is 33.4 Å². The molecule has 1 aromatic rings. The molecule has 0 unspecified atom stereocenters. The molecule has 1 fully saturated rings. The Morgan fingerprint density at radius 3 is 2.30 bits per heavy atom. The van der Waals surface area contributed by atoms with Crippen molar-refractivity contribution in [2.24, 2.45) is 5.92 Å². The third kappa shape index (κ3) is 5.28. The lowest BCUT2D eigenvalue weighted by Gasteiger charge is -2.33. The van der Waals surface area contributed by atoms with E-state index in [0.717, 1.165) is 16.1 Å². The SMILES string of the molecule is C[C@@H](NC(=O)[C@@H]1CCCN(S(=O)(=O)N(C)C)C1)c1ccc(S(C)(=O)=O)cc1. The molecule has 8 nitrogen and oxygen atoms in total. The zero-order chi connectivity index (χ0) is 20.4. The number of nitrogens with zero attached hydrogens (tertiary/aromatic N) is 2. The summed E-state index contributed by atoms with van der Waals surface area (Å²) in [5, 5.41) is 2.90. The highest BCUT2D eigenvalue weighted by atomic mass is 32.2. The average Bonchev–Trinajstić information content (AvgIpc) is 2.61. The van der Waals surface area contributed by atoms with E-state index in [2.05, 4.69) is 5.32 Å². The highest BCUT2D eigenvalue weighted by molar-refractivity contribution is 7.90. The standard InChI is InChI=1S/C17H27N3O5S2/c1-13(14-7-9-16(10-8-14)26(4,22)23)18-17(21)15-6-5-11-20(12-15)27(24,25)19(2)3/h7-10,13,15H,5-6,11-12H2,1-4H3,(H,18,21)/t13-,15-/m1/s1. The number of sulfone groups is 1. The van der Waals surface area contributed by atoms with Gasteiger partial charge in [0.2, 0.25) is 5.91 Å². The summed E-state index contributed by atoms with van der Waals surface area (Å²) < 4.78 is 50.1. The summed E-state index contributed by atoms with van der Waals surface area (Å²) in [6.07, 6.45) is 2.40. The molecule has 2 rings (SSSR count). The molecule has 0 aromatic heterocycles. The topological polar surface area (TPSA) is 104 Å². The fourth-order valence-corrected chi connectivity index (χ4v) is 4.84. The Morgan fingerprint density at radius 2 is 1.78 bits per heavy atom. The van der Waals surface area contributed by atoms with Crippen molar-refractivity contribution in [2.45, 2.75) is 30.7 Å². The molecule has 1 aliphatic rings. The van der Waals surface area contributed by atoms with Crippen molar-refractivity contribution in [3.63, 3.8) is 0 Å². The number of carbonyl (C=O) groups is 1. The third-order valence-corrected chi connectivity index (χ3v) is 7.75. The van der Waals surface area contributed by atoms with E-state index in [1.54, 1.807) is 12.1 Å². The van der Waals surface area contributed by atoms with Gasteiger partial charge in [-0.3, -0.25) is 4.79 Å². The summed E-state index contributed by atoms with van der Waals surface area (Å²) in [7, 11) is -3.86. The maximum atomic E-state index is 12.6. The fourth-order valence-electron chi connectivity index (χ4n) is 3.02. The van der Waals surface area contributed by atoms with E-state index in [4.69, 9.17) is 0 Å². The summed E-state index contributed by atoms with van der Waals surface area (Å²) in [4.78, 5) is 12.8. The first kappa shape index (κ1) is 21.8. The number of carbonyl (C=O) groups excluding carboxylic acids is 1. The maximum Gasteiger partial charge on any atom is 0.281 e. The van der Waals surface area contributed by atoms with Crippen LogP contribution in [0.2, 0.25) is 0 Å². The lowest BCUT2D eigenvalue weighted by atomic mass is 9.98. The Bertz CT molecular complexity index is 880. The molecule has 10 heteroatoms. The molecule has 1 aliphatic heterocycles. The van der Waals surface area contributed by atoms with Crippen LogP contribution in [-0.2, 0) is 24.8 Å². The van der Waals surface area contributed by atoms with Gasteiger partial charge >= 0.3 is 0 Å². The van der Waals surface area contributed by atoms with Gasteiger partial charge in [0.25, 0.3) is 10.2 Å². The monoisotopic (exact) mass is 417 g/mol. The van der Waals surface area contributed by atoms with Crippen molar-refractivity contribution in [1.29, 1.82) is 0 Å². The van der Waals surface area contributed by atoms with Crippen LogP contribution in [0.15, 0.2) is 29.2 Å². The molecule has 0 spiro atoms. The summed E-state index contributed by atoms with van der Waals surface area (Å²) >= 11 is 0. The van der Waals surface area contributed by atoms with Gasteiger partial charge in [-0.2, -0.15) is 17.0 Å². The van der Waals surface area contributed by atoms with Crippen molar-refractivity contribution >= 4 is 26.0 Å². The van der Waals surface area contributed by atoms with E-state index >= 15 is 0 Å². The normalized spacial score (nSPS) is 20.4. The van der Waals surface area contributed by atoms with E-state index in [1.165, 1.54) is 30.5 Å². The van der Waals surface area contributed by atoms with Crippen LogP contribution < -0.4 is 5.32 Å². The number of amides is 1. The van der Waals surface area contributed by atoms with Gasteiger partial charge in [-0.05, 0) is 37.5 Å². The Labute approximate surface area is 161 Å². The van der Waals surface area contributed by atoms with Gasteiger partial charge in [-0.15, -0.1) is 0 Å². The van der Waals surface area contributed by atoms with Crippen LogP contribution in [-0.4, -0.2) is 64.8 Å². The number of rotatable bonds is 6. The molecule has 1 heterocycles. The Hall–Kier alpha value is -1.49. The van der Waals surface area contributed by atoms with Crippen LogP contribution >= 0.6 is 0 Å². The predicted molar refractivity (Wildman–Crippen MR) is 103 cm³/mol. The number of benzene rings is 1. The Kier molecular flexibility index (Phi) is 6.67. The number of hydrogen-bond acceptors (Lipinski definition) is 5. The van der Waals surface area contributed by atoms with Gasteiger partial charge in [-0.1, -0.05) is 12.1 Å². The average molecular weight is 418 g/mol. The van der Waals surface area contributed by atoms with E-state index in [9.17, 15) is 21.6 Å². The number of hydrogen-bond donors (Lipinski definition) is 1. The van der Waals surface area contributed by atoms with Gasteiger partial charge in [-0.25, -0.2) is 8.42 Å². The van der Waals surface area contributed by atoms with E-state index < -0.39 is 26.0 Å². The third-order valence-electron chi connectivity index (χ3n) is 4.71. The molecule has 152 valence electrons. The molecular formula is C17H27N3O5S2. The van der Waals surface area contributed by atoms with Gasteiger partial charge in [0.05, 0.1) is 16.9 Å². The Balaban J connectivity index is 2.03. The molecule has 27 heavy (non-hydrogen) atoms. The lowest BCUT2D eigenvalue weighted by molar-refractivity contribution is -0.126. The van der Waals surface area contributed by atoms with E-state index in [0.29, 0.717) is 19.4 Å². The van der Waals surface area contributed by atoms with Crippen molar-refractivity contribution in [3.8, 4) is 0 Å². The van der Waals surface area contributed by atoms with Crippen LogP contribution in [0, 0.1) is 5.92 Å². The van der Waals surface area contributed by atoms with Crippen LogP contribution in [0.4, 0.5) is 0 Å². The molecular weight excluding hydrogens is 390 g/mol. The molecule has 1 N–H and O–H groups in total. The smallest absolute Gasteiger partial charge is 0.281 e. The van der Waals surface area contributed by atoms with Crippen molar-refractivity contribution < 1.29 is 21.6 Å². The summed E-state index contributed by atoms with van der Waals surface area (Å²) in [6.45, 7) is 2.38. The second kappa shape index (κ2) is 8.26. The summed E-state index contributed by atoms with van der Waals surface area (Å²) in [6, 6.07) is 6.06. The zero-order valence-electron chi connectivity index (χ0n) is 16.0. The van der Waals surface area contributed by atoms with Gasteiger partial charge < -0.3 is 5.32 Å². The lowest BCUT2D eigenvalue weighted by Crippen LogP contribution is -2.49. The summed E-state index contributed by atoms with van der Waals surface area (Å²) in [5.74, 6) is -0.612. The fraction of sp³-hybridized carbons (Fsp3) is 0.588. The zero-order valence-corrected chi connectivity index (χ0v) is 17.7. The van der Waals surface area contributed by atoms with E-state index in [1.807, 2.05) is 6.92 Å². The first-order chi connectivity index (χ1) is 12.4. The molecule has 1 amide bonds. The second-order valence-corrected chi connectivity index (χ2v) is 11.2. The van der Waals surface area contributed by atoms with Crippen LogP contribution in [0.3, 0.4) is 0 Å². The number of nitrogens with one attached hydrogen (secondary N) is 1. The quantitative estimate of drug-likeness (QED) is 0.737. The first-order valence-corrected chi connectivity index (χ1v) is 12.0. The molecule has 2 atom stereocenters. The Morgan fingerprint density at radius 1 is 1.19 bits per heavy atom. The maximum absolute atomic E-state index is 12.6. The van der Waals surface area contributed by atoms with Crippen molar-refractivity contribution in [1.82, 2.24) is 13.9 Å². The van der Waals surface area contributed by atoms with Gasteiger partial charge in [0.15, 0.2) is 9.84 Å².